The van der Waals surface area contributed by atoms with E-state index in [9.17, 15) is 5.11 Å². The summed E-state index contributed by atoms with van der Waals surface area (Å²) in [5.41, 5.74) is 7.28. The zero-order chi connectivity index (χ0) is 12.5. The summed E-state index contributed by atoms with van der Waals surface area (Å²) in [5.74, 6) is 0.942. The van der Waals surface area contributed by atoms with Crippen molar-refractivity contribution in [3.63, 3.8) is 0 Å². The zero-order valence-corrected chi connectivity index (χ0v) is 10.8. The molecule has 0 saturated heterocycles. The lowest BCUT2D eigenvalue weighted by molar-refractivity contribution is 0.0222. The van der Waals surface area contributed by atoms with Crippen LogP contribution in [0.3, 0.4) is 0 Å². The Hall–Kier alpha value is -0.860. The Morgan fingerprint density at radius 2 is 1.94 bits per heavy atom. The van der Waals surface area contributed by atoms with Gasteiger partial charge in [-0.25, -0.2) is 0 Å². The van der Waals surface area contributed by atoms with Crippen molar-refractivity contribution in [3.8, 4) is 0 Å². The minimum atomic E-state index is -0.798. The summed E-state index contributed by atoms with van der Waals surface area (Å²) < 4.78 is 0. The molecule has 2 unspecified atom stereocenters. The van der Waals surface area contributed by atoms with Crippen LogP contribution < -0.4 is 5.73 Å². The van der Waals surface area contributed by atoms with E-state index < -0.39 is 5.60 Å². The molecule has 1 aliphatic rings. The number of benzene rings is 1. The number of hydrogen-bond donors (Lipinski definition) is 2. The van der Waals surface area contributed by atoms with E-state index in [0.29, 0.717) is 18.4 Å². The fourth-order valence-electron chi connectivity index (χ4n) is 2.42. The summed E-state index contributed by atoms with van der Waals surface area (Å²) in [7, 11) is 0. The topological polar surface area (TPSA) is 46.2 Å². The smallest absolute Gasteiger partial charge is 0.105 e. The molecule has 1 saturated carbocycles. The first-order chi connectivity index (χ1) is 8.11. The molecule has 1 aromatic carbocycles. The Morgan fingerprint density at radius 1 is 1.35 bits per heavy atom. The maximum Gasteiger partial charge on any atom is 0.105 e. The molecule has 0 aromatic heterocycles. The van der Waals surface area contributed by atoms with Crippen LogP contribution in [0, 0.1) is 5.92 Å². The summed E-state index contributed by atoms with van der Waals surface area (Å²) >= 11 is 0. The third kappa shape index (κ3) is 2.38. The maximum absolute atomic E-state index is 10.6. The van der Waals surface area contributed by atoms with Gasteiger partial charge in [-0.15, -0.1) is 0 Å². The summed E-state index contributed by atoms with van der Waals surface area (Å²) in [6.45, 7) is 4.74. The average molecular weight is 233 g/mol. The summed E-state index contributed by atoms with van der Waals surface area (Å²) in [6, 6.07) is 8.36. The highest BCUT2D eigenvalue weighted by Crippen LogP contribution is 2.45. The van der Waals surface area contributed by atoms with Crippen LogP contribution in [-0.4, -0.2) is 11.7 Å². The van der Waals surface area contributed by atoms with Crippen LogP contribution in [-0.2, 0) is 5.60 Å². The first-order valence-corrected chi connectivity index (χ1v) is 6.64. The summed E-state index contributed by atoms with van der Waals surface area (Å²) in [6.07, 6.45) is 3.34. The number of rotatable bonds is 5. The molecule has 3 N–H and O–H groups in total. The van der Waals surface area contributed by atoms with Crippen molar-refractivity contribution in [2.75, 3.05) is 6.54 Å². The van der Waals surface area contributed by atoms with Crippen molar-refractivity contribution in [3.05, 3.63) is 35.4 Å². The van der Waals surface area contributed by atoms with Crippen LogP contribution in [0.5, 0.6) is 0 Å². The first kappa shape index (κ1) is 12.6. The molecular formula is C15H23NO. The van der Waals surface area contributed by atoms with Gasteiger partial charge in [-0.3, -0.25) is 0 Å². The van der Waals surface area contributed by atoms with Gasteiger partial charge in [0.25, 0.3) is 0 Å². The minimum absolute atomic E-state index is 0.320. The van der Waals surface area contributed by atoms with Crippen molar-refractivity contribution in [2.45, 2.75) is 44.6 Å². The predicted octanol–water partition coefficient (Wildman–Crippen LogP) is 2.76. The molecule has 17 heavy (non-hydrogen) atoms. The zero-order valence-electron chi connectivity index (χ0n) is 10.8. The number of nitrogens with two attached hydrogens (primary N) is 1. The second-order valence-electron chi connectivity index (χ2n) is 5.33. The second-order valence-corrected chi connectivity index (χ2v) is 5.33. The van der Waals surface area contributed by atoms with Gasteiger partial charge in [0.2, 0.25) is 0 Å². The highest BCUT2D eigenvalue weighted by molar-refractivity contribution is 5.30. The van der Waals surface area contributed by atoms with Gasteiger partial charge in [0.05, 0.1) is 0 Å². The van der Waals surface area contributed by atoms with Crippen molar-refractivity contribution in [2.24, 2.45) is 11.7 Å². The van der Waals surface area contributed by atoms with Crippen molar-refractivity contribution >= 4 is 0 Å². The third-order valence-electron chi connectivity index (χ3n) is 4.16. The van der Waals surface area contributed by atoms with Crippen LogP contribution in [0.2, 0.25) is 0 Å². The molecule has 0 spiro atoms. The monoisotopic (exact) mass is 233 g/mol. The Kier molecular flexibility index (Phi) is 3.55. The Balaban J connectivity index is 2.22. The van der Waals surface area contributed by atoms with E-state index in [1.54, 1.807) is 0 Å². The average Bonchev–Trinajstić information content (AvgIpc) is 3.21. The van der Waals surface area contributed by atoms with Crippen LogP contribution in [0.25, 0.3) is 0 Å². The quantitative estimate of drug-likeness (QED) is 0.821. The van der Waals surface area contributed by atoms with Gasteiger partial charge < -0.3 is 10.8 Å². The van der Waals surface area contributed by atoms with Crippen LogP contribution >= 0.6 is 0 Å². The van der Waals surface area contributed by atoms with Crippen LogP contribution in [0.15, 0.2) is 24.3 Å². The molecule has 0 amide bonds. The molecular weight excluding hydrogens is 210 g/mol. The van der Waals surface area contributed by atoms with E-state index in [-0.39, 0.29) is 0 Å². The largest absolute Gasteiger partial charge is 0.384 e. The van der Waals surface area contributed by atoms with E-state index in [1.165, 1.54) is 5.56 Å². The Bertz CT molecular complexity index is 369. The first-order valence-electron chi connectivity index (χ1n) is 6.64. The molecule has 2 atom stereocenters. The van der Waals surface area contributed by atoms with Gasteiger partial charge in [0.1, 0.15) is 5.60 Å². The molecule has 2 heteroatoms. The molecule has 0 radical (unpaired) electrons. The van der Waals surface area contributed by atoms with Gasteiger partial charge in [0.15, 0.2) is 0 Å². The van der Waals surface area contributed by atoms with Gasteiger partial charge in [-0.1, -0.05) is 38.1 Å². The SMILES string of the molecule is CCC(C)c1ccc(C(O)(CN)C2CC2)cc1. The van der Waals surface area contributed by atoms with Crippen molar-refractivity contribution in [1.29, 1.82) is 0 Å². The van der Waals surface area contributed by atoms with Gasteiger partial charge in [-0.2, -0.15) is 0 Å². The molecule has 0 aliphatic heterocycles. The number of hydrogen-bond acceptors (Lipinski definition) is 2. The fraction of sp³-hybridized carbons (Fsp3) is 0.600. The van der Waals surface area contributed by atoms with E-state index in [4.69, 9.17) is 5.73 Å². The van der Waals surface area contributed by atoms with Crippen molar-refractivity contribution in [1.82, 2.24) is 0 Å². The predicted molar refractivity (Wildman–Crippen MR) is 70.8 cm³/mol. The summed E-state index contributed by atoms with van der Waals surface area (Å²) in [4.78, 5) is 0. The van der Waals surface area contributed by atoms with Gasteiger partial charge >= 0.3 is 0 Å². The highest BCUT2D eigenvalue weighted by atomic mass is 16.3. The third-order valence-corrected chi connectivity index (χ3v) is 4.16. The van der Waals surface area contributed by atoms with E-state index in [1.807, 2.05) is 12.1 Å². The number of aliphatic hydroxyl groups is 1. The lowest BCUT2D eigenvalue weighted by atomic mass is 9.87. The molecule has 1 aromatic rings. The molecule has 94 valence electrons. The molecule has 2 rings (SSSR count). The standard InChI is InChI=1S/C15H23NO/c1-3-11(2)12-4-6-13(7-5-12)15(17,10-16)14-8-9-14/h4-7,11,14,17H,3,8-10,16H2,1-2H3. The summed E-state index contributed by atoms with van der Waals surface area (Å²) in [5, 5.41) is 10.6. The second kappa shape index (κ2) is 4.79. The fourth-order valence-corrected chi connectivity index (χ4v) is 2.42. The van der Waals surface area contributed by atoms with E-state index in [0.717, 1.165) is 24.8 Å². The normalized spacial score (nSPS) is 20.9. The van der Waals surface area contributed by atoms with E-state index in [2.05, 4.69) is 26.0 Å². The van der Waals surface area contributed by atoms with Crippen LogP contribution in [0.4, 0.5) is 0 Å². The molecule has 1 fully saturated rings. The molecule has 0 bridgehead atoms. The Morgan fingerprint density at radius 3 is 2.35 bits per heavy atom. The van der Waals surface area contributed by atoms with Gasteiger partial charge in [-0.05, 0) is 42.2 Å². The van der Waals surface area contributed by atoms with Gasteiger partial charge in [0, 0.05) is 6.54 Å². The lowest BCUT2D eigenvalue weighted by Crippen LogP contribution is -2.37. The van der Waals surface area contributed by atoms with E-state index >= 15 is 0 Å². The van der Waals surface area contributed by atoms with Crippen LogP contribution in [0.1, 0.15) is 50.2 Å². The minimum Gasteiger partial charge on any atom is -0.384 e. The molecule has 2 nitrogen and oxygen atoms in total. The lowest BCUT2D eigenvalue weighted by Gasteiger charge is -2.27. The molecule has 1 aliphatic carbocycles. The Labute approximate surface area is 104 Å². The highest BCUT2D eigenvalue weighted by Gasteiger charge is 2.43. The van der Waals surface area contributed by atoms with Crippen molar-refractivity contribution < 1.29 is 5.11 Å². The molecule has 0 heterocycles. The maximum atomic E-state index is 10.6.